The summed E-state index contributed by atoms with van der Waals surface area (Å²) < 4.78 is 5.50. The van der Waals surface area contributed by atoms with Gasteiger partial charge in [0.15, 0.2) is 0 Å². The lowest BCUT2D eigenvalue weighted by molar-refractivity contribution is -0.132. The first-order chi connectivity index (χ1) is 15.0. The van der Waals surface area contributed by atoms with Crippen LogP contribution in [0, 0.1) is 0 Å². The summed E-state index contributed by atoms with van der Waals surface area (Å²) in [5.74, 6) is -1.27. The lowest BCUT2D eigenvalue weighted by atomic mass is 9.98. The number of pyridine rings is 1. The molecule has 1 aliphatic rings. The molecule has 1 N–H and O–H groups in total. The number of rotatable bonds is 5. The Balaban J connectivity index is 1.90. The number of halogens is 1. The molecule has 3 aromatic rings. The molecule has 0 aliphatic carbocycles. The third-order valence-electron chi connectivity index (χ3n) is 4.94. The second-order valence-electron chi connectivity index (χ2n) is 6.86. The molecule has 156 valence electrons. The van der Waals surface area contributed by atoms with Crippen molar-refractivity contribution in [1.29, 1.82) is 0 Å². The lowest BCUT2D eigenvalue weighted by Crippen LogP contribution is -2.29. The van der Waals surface area contributed by atoms with Crippen molar-refractivity contribution in [3.05, 3.63) is 94.8 Å². The fourth-order valence-corrected chi connectivity index (χ4v) is 3.70. The molecule has 0 radical (unpaired) electrons. The minimum atomic E-state index is -0.891. The highest BCUT2D eigenvalue weighted by molar-refractivity contribution is 6.51. The van der Waals surface area contributed by atoms with Crippen LogP contribution in [0.5, 0.6) is 5.75 Å². The Kier molecular flexibility index (Phi) is 5.73. The van der Waals surface area contributed by atoms with Crippen LogP contribution in [0.25, 0.3) is 5.76 Å². The van der Waals surface area contributed by atoms with Crippen LogP contribution in [0.2, 0.25) is 5.02 Å². The maximum absolute atomic E-state index is 13.1. The fraction of sp³-hybridized carbons (Fsp3) is 0.125. The van der Waals surface area contributed by atoms with Crippen molar-refractivity contribution in [1.82, 2.24) is 4.98 Å². The molecule has 1 unspecified atom stereocenters. The van der Waals surface area contributed by atoms with Gasteiger partial charge in [0.2, 0.25) is 0 Å². The molecule has 1 saturated heterocycles. The van der Waals surface area contributed by atoms with Crippen molar-refractivity contribution >= 4 is 34.7 Å². The van der Waals surface area contributed by atoms with Gasteiger partial charge >= 0.3 is 0 Å². The number of anilines is 1. The first kappa shape index (κ1) is 20.6. The number of ether oxygens (including phenoxy) is 1. The standard InChI is InChI=1S/C24H19ClN2O4/c1-2-31-18-7-5-6-15(14-18)22(28)20-21(19-8-3-4-13-26-19)27(24(30)23(20)29)17-11-9-16(25)10-12-17/h3-14,21,28H,2H2,1H3/b22-20-. The third-order valence-corrected chi connectivity index (χ3v) is 5.19. The van der Waals surface area contributed by atoms with Crippen molar-refractivity contribution in [2.24, 2.45) is 0 Å². The Morgan fingerprint density at radius 1 is 1.10 bits per heavy atom. The molecule has 1 aliphatic heterocycles. The van der Waals surface area contributed by atoms with E-state index in [-0.39, 0.29) is 11.3 Å². The normalized spacial score (nSPS) is 17.7. The highest BCUT2D eigenvalue weighted by Crippen LogP contribution is 2.41. The molecule has 0 spiro atoms. The molecule has 0 bridgehead atoms. The van der Waals surface area contributed by atoms with Crippen molar-refractivity contribution in [2.45, 2.75) is 13.0 Å². The highest BCUT2D eigenvalue weighted by Gasteiger charge is 2.47. The van der Waals surface area contributed by atoms with Gasteiger partial charge in [-0.25, -0.2) is 0 Å². The first-order valence-corrected chi connectivity index (χ1v) is 10.1. The molecule has 1 amide bonds. The van der Waals surface area contributed by atoms with Gasteiger partial charge in [-0.2, -0.15) is 0 Å². The number of ketones is 1. The van der Waals surface area contributed by atoms with E-state index < -0.39 is 17.7 Å². The summed E-state index contributed by atoms with van der Waals surface area (Å²) in [6.45, 7) is 2.31. The SMILES string of the molecule is CCOc1cccc(/C(O)=C2/C(=O)C(=O)N(c3ccc(Cl)cc3)C2c2ccccn2)c1. The Hall–Kier alpha value is -3.64. The molecule has 4 rings (SSSR count). The average molecular weight is 435 g/mol. The minimum Gasteiger partial charge on any atom is -0.507 e. The van der Waals surface area contributed by atoms with Crippen LogP contribution in [-0.4, -0.2) is 28.4 Å². The van der Waals surface area contributed by atoms with Gasteiger partial charge in [-0.3, -0.25) is 19.5 Å². The number of Topliss-reactive ketones (excluding diaryl/α,β-unsaturated/α-hetero) is 1. The number of aliphatic hydroxyl groups is 1. The van der Waals surface area contributed by atoms with Crippen LogP contribution in [0.3, 0.4) is 0 Å². The van der Waals surface area contributed by atoms with Crippen molar-refractivity contribution in [3.8, 4) is 5.75 Å². The van der Waals surface area contributed by atoms with Crippen LogP contribution in [0.4, 0.5) is 5.69 Å². The number of benzene rings is 2. The second-order valence-corrected chi connectivity index (χ2v) is 7.30. The van der Waals surface area contributed by atoms with Crippen molar-refractivity contribution in [2.75, 3.05) is 11.5 Å². The van der Waals surface area contributed by atoms with E-state index in [9.17, 15) is 14.7 Å². The Labute approximate surface area is 184 Å². The summed E-state index contributed by atoms with van der Waals surface area (Å²) in [5.41, 5.74) is 1.27. The number of amides is 1. The van der Waals surface area contributed by atoms with E-state index in [2.05, 4.69) is 4.98 Å². The minimum absolute atomic E-state index is 0.0349. The Bertz CT molecular complexity index is 1160. The summed E-state index contributed by atoms with van der Waals surface area (Å²) in [6.07, 6.45) is 1.58. The maximum Gasteiger partial charge on any atom is 0.300 e. The molecule has 7 heteroatoms. The lowest BCUT2D eigenvalue weighted by Gasteiger charge is -2.24. The zero-order valence-corrected chi connectivity index (χ0v) is 17.4. The van der Waals surface area contributed by atoms with Gasteiger partial charge < -0.3 is 9.84 Å². The van der Waals surface area contributed by atoms with Gasteiger partial charge in [0, 0.05) is 22.5 Å². The number of carbonyl (C=O) groups excluding carboxylic acids is 2. The number of hydrogen-bond acceptors (Lipinski definition) is 5. The molecule has 31 heavy (non-hydrogen) atoms. The number of nitrogens with zero attached hydrogens (tertiary/aromatic N) is 2. The first-order valence-electron chi connectivity index (χ1n) is 9.72. The quantitative estimate of drug-likeness (QED) is 0.356. The molecule has 1 atom stereocenters. The van der Waals surface area contributed by atoms with Crippen LogP contribution in [0.15, 0.2) is 78.5 Å². The molecule has 0 saturated carbocycles. The van der Waals surface area contributed by atoms with E-state index in [1.165, 1.54) is 4.90 Å². The molecule has 6 nitrogen and oxygen atoms in total. The summed E-state index contributed by atoms with van der Waals surface area (Å²) in [4.78, 5) is 31.8. The Morgan fingerprint density at radius 2 is 1.87 bits per heavy atom. The number of hydrogen-bond donors (Lipinski definition) is 1. The summed E-state index contributed by atoms with van der Waals surface area (Å²) in [6, 6.07) is 17.7. The van der Waals surface area contributed by atoms with Crippen LogP contribution >= 0.6 is 11.6 Å². The zero-order valence-electron chi connectivity index (χ0n) is 16.7. The van der Waals surface area contributed by atoms with Gasteiger partial charge in [-0.1, -0.05) is 29.8 Å². The smallest absolute Gasteiger partial charge is 0.300 e. The number of aliphatic hydroxyl groups excluding tert-OH is 1. The van der Waals surface area contributed by atoms with Crippen molar-refractivity contribution in [3.63, 3.8) is 0 Å². The van der Waals surface area contributed by atoms with Crippen LogP contribution < -0.4 is 9.64 Å². The van der Waals surface area contributed by atoms with E-state index in [0.29, 0.717) is 34.3 Å². The topological polar surface area (TPSA) is 79.7 Å². The third kappa shape index (κ3) is 3.90. The molecule has 2 aromatic carbocycles. The maximum atomic E-state index is 13.1. The molecular formula is C24H19ClN2O4. The molecular weight excluding hydrogens is 416 g/mol. The monoisotopic (exact) mass is 434 g/mol. The highest BCUT2D eigenvalue weighted by atomic mass is 35.5. The van der Waals surface area contributed by atoms with E-state index >= 15 is 0 Å². The van der Waals surface area contributed by atoms with Gasteiger partial charge in [-0.15, -0.1) is 0 Å². The number of carbonyl (C=O) groups is 2. The summed E-state index contributed by atoms with van der Waals surface area (Å²) >= 11 is 5.99. The summed E-state index contributed by atoms with van der Waals surface area (Å²) in [7, 11) is 0. The fourth-order valence-electron chi connectivity index (χ4n) is 3.57. The van der Waals surface area contributed by atoms with E-state index in [1.54, 1.807) is 72.9 Å². The predicted molar refractivity (Wildman–Crippen MR) is 118 cm³/mol. The predicted octanol–water partition coefficient (Wildman–Crippen LogP) is 4.76. The van der Waals surface area contributed by atoms with Gasteiger partial charge in [0.25, 0.3) is 11.7 Å². The summed E-state index contributed by atoms with van der Waals surface area (Å²) in [5, 5.41) is 11.6. The zero-order chi connectivity index (χ0) is 22.0. The molecule has 1 fully saturated rings. The second kappa shape index (κ2) is 8.62. The van der Waals surface area contributed by atoms with E-state index in [4.69, 9.17) is 16.3 Å². The van der Waals surface area contributed by atoms with Crippen LogP contribution in [-0.2, 0) is 9.59 Å². The number of aromatic nitrogens is 1. The Morgan fingerprint density at radius 3 is 2.55 bits per heavy atom. The van der Waals surface area contributed by atoms with Crippen LogP contribution in [0.1, 0.15) is 24.2 Å². The average Bonchev–Trinajstić information content (AvgIpc) is 3.05. The van der Waals surface area contributed by atoms with Gasteiger partial charge in [-0.05, 0) is 55.5 Å². The van der Waals surface area contributed by atoms with E-state index in [0.717, 1.165) is 0 Å². The van der Waals surface area contributed by atoms with Gasteiger partial charge in [0.05, 0.1) is 17.9 Å². The molecule has 2 heterocycles. The van der Waals surface area contributed by atoms with Gasteiger partial charge in [0.1, 0.15) is 17.6 Å². The van der Waals surface area contributed by atoms with E-state index in [1.807, 2.05) is 6.92 Å². The van der Waals surface area contributed by atoms with Crippen molar-refractivity contribution < 1.29 is 19.4 Å². The molecule has 1 aromatic heterocycles. The largest absolute Gasteiger partial charge is 0.507 e.